The van der Waals surface area contributed by atoms with Gasteiger partial charge in [-0.3, -0.25) is 23.9 Å². The molecule has 0 bridgehead atoms. The average molecular weight is 838 g/mol. The van der Waals surface area contributed by atoms with Gasteiger partial charge in [0.1, 0.15) is 11.7 Å². The number of aryl methyl sites for hydroxylation is 1. The molecule has 2 amide bonds. The van der Waals surface area contributed by atoms with Crippen LogP contribution >= 0.6 is 11.3 Å². The van der Waals surface area contributed by atoms with Crippen LogP contribution in [0.1, 0.15) is 148 Å². The number of carbonyl (C=O) groups is 4. The second-order valence-electron chi connectivity index (χ2n) is 18.7. The fourth-order valence-electron chi connectivity index (χ4n) is 8.57. The standard InChI is InChI=1S/C43H59N5O8S2/c1-26(2)32-25-57-38(45-32)36-44-31-17-13-12-16-30(31)37(46-36)55-29-21-33-34(49)23-43(40(52)47-58(53,54)42(6)18-19-42)22-28(43)15-11-9-7-8-10-14-27(39(51)48(33)24-29)20-35(50)56-41(3,4)5/h11,15,25-29,33H,7-10,12-14,16-24H2,1-6H3,(H,47,52)/b15-11-/t27-,28-,29-,33+,43-/m1/s1. The minimum Gasteiger partial charge on any atom is -0.472 e. The van der Waals surface area contributed by atoms with Crippen LogP contribution in [-0.2, 0) is 46.8 Å². The highest BCUT2D eigenvalue weighted by Crippen LogP contribution is 2.57. The molecule has 3 fully saturated rings. The number of ether oxygens (including phenoxy) is 2. The number of thiazole rings is 1. The Morgan fingerprint density at radius 2 is 1.81 bits per heavy atom. The number of rotatable bonds is 9. The molecule has 1 N–H and O–H groups in total. The first kappa shape index (κ1) is 42.4. The summed E-state index contributed by atoms with van der Waals surface area (Å²) in [6.07, 6.45) is 11.4. The molecule has 316 valence electrons. The number of sulfonamides is 1. The topological polar surface area (TPSA) is 175 Å². The van der Waals surface area contributed by atoms with Crippen molar-refractivity contribution in [2.75, 3.05) is 6.54 Å². The van der Waals surface area contributed by atoms with E-state index < -0.39 is 55.7 Å². The van der Waals surface area contributed by atoms with Gasteiger partial charge in [-0.05, 0) is 104 Å². The Morgan fingerprint density at radius 1 is 1.05 bits per heavy atom. The lowest BCUT2D eigenvalue weighted by Crippen LogP contribution is -2.47. The number of nitrogens with zero attached hydrogens (tertiary/aromatic N) is 4. The van der Waals surface area contributed by atoms with Gasteiger partial charge >= 0.3 is 5.97 Å². The van der Waals surface area contributed by atoms with Crippen molar-refractivity contribution in [2.24, 2.45) is 17.3 Å². The van der Waals surface area contributed by atoms with Crippen LogP contribution in [0.25, 0.3) is 10.8 Å². The van der Waals surface area contributed by atoms with E-state index in [2.05, 4.69) is 18.6 Å². The quantitative estimate of drug-likeness (QED) is 0.208. The number of nitrogens with one attached hydrogen (secondary N) is 1. The molecule has 0 spiro atoms. The van der Waals surface area contributed by atoms with E-state index in [-0.39, 0.29) is 49.3 Å². The molecule has 1 saturated heterocycles. The number of esters is 1. The zero-order valence-electron chi connectivity index (χ0n) is 34.8. The van der Waals surface area contributed by atoms with Crippen LogP contribution in [-0.4, -0.2) is 80.9 Å². The highest BCUT2D eigenvalue weighted by Gasteiger charge is 2.62. The molecule has 2 aromatic rings. The predicted octanol–water partition coefficient (Wildman–Crippen LogP) is 6.78. The van der Waals surface area contributed by atoms with Crippen molar-refractivity contribution in [1.82, 2.24) is 24.6 Å². The molecule has 0 radical (unpaired) electrons. The summed E-state index contributed by atoms with van der Waals surface area (Å²) in [7, 11) is -3.95. The van der Waals surface area contributed by atoms with E-state index in [9.17, 15) is 27.6 Å². The second-order valence-corrected chi connectivity index (χ2v) is 21.8. The van der Waals surface area contributed by atoms with Crippen LogP contribution in [0.4, 0.5) is 0 Å². The first-order chi connectivity index (χ1) is 27.4. The molecule has 13 nitrogen and oxygen atoms in total. The maximum Gasteiger partial charge on any atom is 0.307 e. The van der Waals surface area contributed by atoms with Crippen LogP contribution in [0.15, 0.2) is 17.5 Å². The Kier molecular flexibility index (Phi) is 12.0. The SMILES string of the molecule is CC(C)c1csc(-c2nc3c(c(O[C@@H]4C[C@H]5C(=O)C[C@]6(C(=O)NS(=O)(=O)C7(C)CC7)C[C@H]6/C=C\CCCCC[C@H](CC(=O)OC(C)(C)C)C(=O)N5C4)n2)CCCC3)n1. The van der Waals surface area contributed by atoms with Crippen LogP contribution in [0.2, 0.25) is 0 Å². The summed E-state index contributed by atoms with van der Waals surface area (Å²) in [6.45, 7) is 11.2. The van der Waals surface area contributed by atoms with Gasteiger partial charge in [-0.15, -0.1) is 11.3 Å². The van der Waals surface area contributed by atoms with Crippen molar-refractivity contribution in [1.29, 1.82) is 0 Å². The second kappa shape index (κ2) is 16.4. The molecule has 2 saturated carbocycles. The monoisotopic (exact) mass is 837 g/mol. The number of Topliss-reactive ketones (excluding diaryl/α,β-unsaturated/α-hetero) is 1. The Labute approximate surface area is 346 Å². The molecular weight excluding hydrogens is 779 g/mol. The van der Waals surface area contributed by atoms with Crippen LogP contribution in [0.3, 0.4) is 0 Å². The fourth-order valence-corrected chi connectivity index (χ4v) is 10.8. The average Bonchev–Trinajstić information content (AvgIpc) is 3.92. The number of hydrogen-bond acceptors (Lipinski definition) is 12. The zero-order chi connectivity index (χ0) is 41.6. The Morgan fingerprint density at radius 3 is 2.52 bits per heavy atom. The summed E-state index contributed by atoms with van der Waals surface area (Å²) in [5, 5.41) is 2.72. The molecule has 0 unspecified atom stereocenters. The third kappa shape index (κ3) is 9.19. The van der Waals surface area contributed by atoms with E-state index in [4.69, 9.17) is 24.4 Å². The van der Waals surface area contributed by atoms with Gasteiger partial charge < -0.3 is 14.4 Å². The van der Waals surface area contributed by atoms with Crippen molar-refractivity contribution >= 4 is 44.9 Å². The number of carbonyl (C=O) groups excluding carboxylic acids is 4. The number of aromatic nitrogens is 3. The van der Waals surface area contributed by atoms with Crippen molar-refractivity contribution in [3.63, 3.8) is 0 Å². The summed E-state index contributed by atoms with van der Waals surface area (Å²) in [5.41, 5.74) is 0.817. The van der Waals surface area contributed by atoms with Gasteiger partial charge in [0.05, 0.1) is 40.6 Å². The number of amides is 2. The Balaban J connectivity index is 1.21. The highest BCUT2D eigenvalue weighted by molar-refractivity contribution is 7.91. The van der Waals surface area contributed by atoms with Crippen LogP contribution in [0.5, 0.6) is 5.88 Å². The first-order valence-corrected chi connectivity index (χ1v) is 23.5. The first-order valence-electron chi connectivity index (χ1n) is 21.2. The third-order valence-corrected chi connectivity index (χ3v) is 15.5. The molecule has 7 rings (SSSR count). The van der Waals surface area contributed by atoms with Gasteiger partial charge in [0, 0.05) is 29.7 Å². The Bertz CT molecular complexity index is 2070. The largest absolute Gasteiger partial charge is 0.472 e. The molecule has 2 aromatic heterocycles. The fraction of sp³-hybridized carbons (Fsp3) is 0.698. The lowest BCUT2D eigenvalue weighted by molar-refractivity contribution is -0.159. The predicted molar refractivity (Wildman–Crippen MR) is 219 cm³/mol. The van der Waals surface area contributed by atoms with E-state index in [1.807, 2.05) is 17.5 Å². The third-order valence-electron chi connectivity index (χ3n) is 12.5. The molecule has 4 heterocycles. The minimum atomic E-state index is -3.95. The number of ketones is 1. The summed E-state index contributed by atoms with van der Waals surface area (Å²) >= 11 is 1.49. The Hall–Kier alpha value is -3.72. The molecule has 5 aliphatic rings. The minimum absolute atomic E-state index is 0.0815. The molecule has 0 aromatic carbocycles. The number of hydrogen-bond donors (Lipinski definition) is 1. The normalized spacial score (nSPS) is 28.0. The molecule has 2 aliphatic heterocycles. The smallest absolute Gasteiger partial charge is 0.307 e. The summed E-state index contributed by atoms with van der Waals surface area (Å²) in [4.78, 5) is 72.9. The van der Waals surface area contributed by atoms with Gasteiger partial charge in [-0.1, -0.05) is 38.8 Å². The van der Waals surface area contributed by atoms with E-state index in [1.54, 1.807) is 32.6 Å². The molecule has 58 heavy (non-hydrogen) atoms. The van der Waals surface area contributed by atoms with Gasteiger partial charge in [0.15, 0.2) is 16.6 Å². The van der Waals surface area contributed by atoms with Gasteiger partial charge in [-0.25, -0.2) is 18.4 Å². The van der Waals surface area contributed by atoms with Gasteiger partial charge in [0.2, 0.25) is 27.7 Å². The highest BCUT2D eigenvalue weighted by atomic mass is 32.2. The van der Waals surface area contributed by atoms with Crippen molar-refractivity contribution in [3.05, 3.63) is 34.5 Å². The van der Waals surface area contributed by atoms with Crippen LogP contribution < -0.4 is 9.46 Å². The molecule has 15 heteroatoms. The number of allylic oxidation sites excluding steroid dienone is 2. The lowest BCUT2D eigenvalue weighted by Gasteiger charge is -2.29. The molecular formula is C43H59N5O8S2. The molecule has 5 atom stereocenters. The van der Waals surface area contributed by atoms with Gasteiger partial charge in [0.25, 0.3) is 0 Å². The van der Waals surface area contributed by atoms with E-state index in [1.165, 1.54) is 11.3 Å². The maximum absolute atomic E-state index is 14.8. The number of fused-ring (bicyclic) bond motifs is 3. The van der Waals surface area contributed by atoms with Gasteiger partial charge in [-0.2, -0.15) is 4.98 Å². The van der Waals surface area contributed by atoms with E-state index in [0.717, 1.165) is 61.9 Å². The van der Waals surface area contributed by atoms with Crippen molar-refractivity contribution in [2.45, 2.75) is 166 Å². The van der Waals surface area contributed by atoms with Crippen molar-refractivity contribution < 1.29 is 37.1 Å². The summed E-state index contributed by atoms with van der Waals surface area (Å²) in [6, 6.07) is -0.957. The van der Waals surface area contributed by atoms with E-state index in [0.29, 0.717) is 48.8 Å². The summed E-state index contributed by atoms with van der Waals surface area (Å²) < 4.78 is 40.3. The maximum atomic E-state index is 14.8. The van der Waals surface area contributed by atoms with Crippen LogP contribution in [0, 0.1) is 17.3 Å². The van der Waals surface area contributed by atoms with E-state index >= 15 is 0 Å². The van der Waals surface area contributed by atoms with Crippen molar-refractivity contribution in [3.8, 4) is 16.7 Å². The molecule has 3 aliphatic carbocycles. The summed E-state index contributed by atoms with van der Waals surface area (Å²) in [5.74, 6) is -1.67. The zero-order valence-corrected chi connectivity index (χ0v) is 36.4. The lowest BCUT2D eigenvalue weighted by atomic mass is 9.90.